The van der Waals surface area contributed by atoms with Gasteiger partial charge in [0.2, 0.25) is 0 Å². The minimum Gasteiger partial charge on any atom is -0.426 e. The summed E-state index contributed by atoms with van der Waals surface area (Å²) < 4.78 is 5.66. The van der Waals surface area contributed by atoms with Crippen LogP contribution >= 0.6 is 0 Å². The monoisotopic (exact) mass is 403 g/mol. The van der Waals surface area contributed by atoms with Gasteiger partial charge in [-0.3, -0.25) is 4.79 Å². The Morgan fingerprint density at radius 3 is 2.10 bits per heavy atom. The maximum absolute atomic E-state index is 12.6. The van der Waals surface area contributed by atoms with Gasteiger partial charge in [-0.25, -0.2) is 0 Å². The Bertz CT molecular complexity index is 825. The normalized spacial score (nSPS) is 18.5. The largest absolute Gasteiger partial charge is 0.426 e. The first-order chi connectivity index (χ1) is 14.7. The Balaban J connectivity index is 1.43. The molecule has 2 aromatic rings. The second kappa shape index (κ2) is 11.6. The van der Waals surface area contributed by atoms with Crippen molar-refractivity contribution in [1.82, 2.24) is 0 Å². The number of carbonyl (C=O) groups excluding carboxylic acids is 1. The van der Waals surface area contributed by atoms with Gasteiger partial charge in [-0.1, -0.05) is 69.7 Å². The molecular formula is C27H33NO2. The van der Waals surface area contributed by atoms with Crippen molar-refractivity contribution in [3.8, 4) is 22.9 Å². The number of benzene rings is 2. The number of unbranched alkanes of at least 4 members (excludes halogenated alkanes) is 4. The molecule has 1 aliphatic rings. The van der Waals surface area contributed by atoms with Gasteiger partial charge in [-0.05, 0) is 67.0 Å². The van der Waals surface area contributed by atoms with Gasteiger partial charge in [0.15, 0.2) is 0 Å². The SMILES string of the molecule is CCCCCCCC1CCC(C(=O)Oc2ccc(-c3ccc(C#N)cc3)cc2)CC1. The molecule has 0 heterocycles. The van der Waals surface area contributed by atoms with Crippen molar-refractivity contribution in [3.63, 3.8) is 0 Å². The third-order valence-electron chi connectivity index (χ3n) is 6.32. The fraction of sp³-hybridized carbons (Fsp3) is 0.481. The van der Waals surface area contributed by atoms with Crippen molar-refractivity contribution in [2.24, 2.45) is 11.8 Å². The predicted molar refractivity (Wildman–Crippen MR) is 121 cm³/mol. The summed E-state index contributed by atoms with van der Waals surface area (Å²) in [6.07, 6.45) is 12.3. The van der Waals surface area contributed by atoms with Gasteiger partial charge in [0.1, 0.15) is 5.75 Å². The van der Waals surface area contributed by atoms with Crippen molar-refractivity contribution in [2.45, 2.75) is 71.1 Å². The highest BCUT2D eigenvalue weighted by Gasteiger charge is 2.27. The fourth-order valence-electron chi connectivity index (χ4n) is 4.38. The Morgan fingerprint density at radius 2 is 1.50 bits per heavy atom. The zero-order chi connectivity index (χ0) is 21.2. The number of esters is 1. The summed E-state index contributed by atoms with van der Waals surface area (Å²) in [6.45, 7) is 2.25. The van der Waals surface area contributed by atoms with Crippen molar-refractivity contribution >= 4 is 5.97 Å². The van der Waals surface area contributed by atoms with E-state index in [1.54, 1.807) is 0 Å². The molecule has 0 spiro atoms. The maximum Gasteiger partial charge on any atom is 0.314 e. The molecular weight excluding hydrogens is 370 g/mol. The number of nitriles is 1. The predicted octanol–water partition coefficient (Wildman–Crippen LogP) is 7.30. The first-order valence-electron chi connectivity index (χ1n) is 11.5. The van der Waals surface area contributed by atoms with Crippen molar-refractivity contribution in [3.05, 3.63) is 54.1 Å². The molecule has 0 aliphatic heterocycles. The second-order valence-corrected chi connectivity index (χ2v) is 8.56. The quantitative estimate of drug-likeness (QED) is 0.251. The topological polar surface area (TPSA) is 50.1 Å². The summed E-state index contributed by atoms with van der Waals surface area (Å²) in [6, 6.07) is 17.2. The summed E-state index contributed by atoms with van der Waals surface area (Å²) in [5.74, 6) is 1.36. The summed E-state index contributed by atoms with van der Waals surface area (Å²) in [7, 11) is 0. The second-order valence-electron chi connectivity index (χ2n) is 8.56. The molecule has 0 atom stereocenters. The van der Waals surface area contributed by atoms with Gasteiger partial charge in [0, 0.05) is 0 Å². The molecule has 2 aromatic carbocycles. The van der Waals surface area contributed by atoms with E-state index in [4.69, 9.17) is 10.00 Å². The van der Waals surface area contributed by atoms with Crippen LogP contribution in [0.1, 0.15) is 76.7 Å². The highest BCUT2D eigenvalue weighted by Crippen LogP contribution is 2.33. The average molecular weight is 404 g/mol. The van der Waals surface area contributed by atoms with Crippen LogP contribution in [-0.4, -0.2) is 5.97 Å². The van der Waals surface area contributed by atoms with Gasteiger partial charge in [-0.15, -0.1) is 0 Å². The van der Waals surface area contributed by atoms with E-state index >= 15 is 0 Å². The smallest absolute Gasteiger partial charge is 0.314 e. The fourth-order valence-corrected chi connectivity index (χ4v) is 4.38. The Morgan fingerprint density at radius 1 is 0.900 bits per heavy atom. The van der Waals surface area contributed by atoms with E-state index in [9.17, 15) is 4.79 Å². The van der Waals surface area contributed by atoms with Crippen molar-refractivity contribution in [1.29, 1.82) is 5.26 Å². The van der Waals surface area contributed by atoms with Gasteiger partial charge >= 0.3 is 5.97 Å². The van der Waals surface area contributed by atoms with Crippen molar-refractivity contribution < 1.29 is 9.53 Å². The molecule has 1 fully saturated rings. The molecule has 0 aromatic heterocycles. The van der Waals surface area contributed by atoms with E-state index in [0.29, 0.717) is 11.3 Å². The molecule has 3 rings (SSSR count). The Labute approximate surface area is 181 Å². The number of hydrogen-bond donors (Lipinski definition) is 0. The minimum absolute atomic E-state index is 0.0412. The molecule has 3 nitrogen and oxygen atoms in total. The minimum atomic E-state index is -0.0810. The highest BCUT2D eigenvalue weighted by atomic mass is 16.5. The Hall–Kier alpha value is -2.60. The summed E-state index contributed by atoms with van der Waals surface area (Å²) >= 11 is 0. The van der Waals surface area contributed by atoms with Crippen LogP contribution in [0.4, 0.5) is 0 Å². The van der Waals surface area contributed by atoms with E-state index in [1.807, 2.05) is 48.5 Å². The van der Waals surface area contributed by atoms with Gasteiger partial charge in [-0.2, -0.15) is 5.26 Å². The van der Waals surface area contributed by atoms with Crippen LogP contribution < -0.4 is 4.74 Å². The molecule has 0 bridgehead atoms. The van der Waals surface area contributed by atoms with Crippen LogP contribution in [0, 0.1) is 23.2 Å². The first-order valence-corrected chi connectivity index (χ1v) is 11.5. The molecule has 1 aliphatic carbocycles. The zero-order valence-corrected chi connectivity index (χ0v) is 18.1. The lowest BCUT2D eigenvalue weighted by atomic mass is 9.80. The van der Waals surface area contributed by atoms with Gasteiger partial charge in [0.05, 0.1) is 17.6 Å². The average Bonchev–Trinajstić information content (AvgIpc) is 2.80. The molecule has 0 unspecified atom stereocenters. The number of ether oxygens (including phenoxy) is 1. The maximum atomic E-state index is 12.6. The zero-order valence-electron chi connectivity index (χ0n) is 18.1. The van der Waals surface area contributed by atoms with Crippen molar-refractivity contribution in [2.75, 3.05) is 0 Å². The van der Waals surface area contributed by atoms with Crippen LogP contribution in [0.15, 0.2) is 48.5 Å². The third kappa shape index (κ3) is 6.46. The number of carbonyl (C=O) groups is 1. The van der Waals surface area contributed by atoms with E-state index in [2.05, 4.69) is 13.0 Å². The molecule has 0 amide bonds. The summed E-state index contributed by atoms with van der Waals surface area (Å²) in [5.41, 5.74) is 2.73. The van der Waals surface area contributed by atoms with Crippen LogP contribution in [0.3, 0.4) is 0 Å². The van der Waals surface area contributed by atoms with E-state index in [0.717, 1.165) is 42.7 Å². The number of hydrogen-bond acceptors (Lipinski definition) is 3. The van der Waals surface area contributed by atoms with Crippen LogP contribution in [0.2, 0.25) is 0 Å². The van der Waals surface area contributed by atoms with E-state index < -0.39 is 0 Å². The molecule has 1 saturated carbocycles. The molecule has 3 heteroatoms. The molecule has 30 heavy (non-hydrogen) atoms. The summed E-state index contributed by atoms with van der Waals surface area (Å²) in [4.78, 5) is 12.6. The lowest BCUT2D eigenvalue weighted by Gasteiger charge is -2.27. The van der Waals surface area contributed by atoms with E-state index in [1.165, 1.54) is 38.5 Å². The van der Waals surface area contributed by atoms with Crippen LogP contribution in [0.25, 0.3) is 11.1 Å². The molecule has 0 N–H and O–H groups in total. The standard InChI is InChI=1S/C27H33NO2/c1-2-3-4-5-6-7-21-8-14-25(15-9-21)27(29)30-26-18-16-24(17-19-26)23-12-10-22(20-28)11-13-23/h10-13,16-19,21,25H,2-9,14-15H2,1H3. The van der Waals surface area contributed by atoms with E-state index in [-0.39, 0.29) is 11.9 Å². The first kappa shape index (κ1) is 22.1. The van der Waals surface area contributed by atoms with Crippen LogP contribution in [-0.2, 0) is 4.79 Å². The van der Waals surface area contributed by atoms with Crippen LogP contribution in [0.5, 0.6) is 5.75 Å². The Kier molecular flexibility index (Phi) is 8.51. The summed E-state index contributed by atoms with van der Waals surface area (Å²) in [5, 5.41) is 8.91. The van der Waals surface area contributed by atoms with Gasteiger partial charge in [0.25, 0.3) is 0 Å². The third-order valence-corrected chi connectivity index (χ3v) is 6.32. The molecule has 158 valence electrons. The number of rotatable bonds is 9. The lowest BCUT2D eigenvalue weighted by Crippen LogP contribution is -2.25. The van der Waals surface area contributed by atoms with Gasteiger partial charge < -0.3 is 4.74 Å². The molecule has 0 saturated heterocycles. The lowest BCUT2D eigenvalue weighted by molar-refractivity contribution is -0.140. The highest BCUT2D eigenvalue weighted by molar-refractivity contribution is 5.75. The number of nitrogens with zero attached hydrogens (tertiary/aromatic N) is 1. The molecule has 0 radical (unpaired) electrons.